The highest BCUT2D eigenvalue weighted by molar-refractivity contribution is 6.46. The van der Waals surface area contributed by atoms with Gasteiger partial charge in [0, 0.05) is 6.54 Å². The number of aliphatic hydroxyl groups excluding tert-OH is 1. The molecule has 1 aliphatic heterocycles. The molecule has 1 heterocycles. The molecule has 0 spiro atoms. The molecule has 0 saturated carbocycles. The summed E-state index contributed by atoms with van der Waals surface area (Å²) < 4.78 is 5.68. The lowest BCUT2D eigenvalue weighted by Gasteiger charge is -2.27. The van der Waals surface area contributed by atoms with Crippen LogP contribution in [0.3, 0.4) is 0 Å². The standard InChI is InChI=1S/C28H36N2O5/c1-5-17-35-21-12-10-20(11-13-21)25-24(26(32)22-18-19(4)9-14-23(22)31)27(33)28(34)30(25)16-8-15-29(6-2)7-3/h9-14,18,25,31-32H,5-8,15-17H2,1-4H3/b26-24+. The van der Waals surface area contributed by atoms with Gasteiger partial charge in [-0.05, 0) is 69.2 Å². The maximum Gasteiger partial charge on any atom is 0.295 e. The van der Waals surface area contributed by atoms with Crippen LogP contribution in [0.1, 0.15) is 56.3 Å². The predicted molar refractivity (Wildman–Crippen MR) is 136 cm³/mol. The predicted octanol–water partition coefficient (Wildman–Crippen LogP) is 4.64. The highest BCUT2D eigenvalue weighted by Crippen LogP contribution is 2.41. The molecule has 188 valence electrons. The third kappa shape index (κ3) is 5.85. The van der Waals surface area contributed by atoms with Gasteiger partial charge in [0.05, 0.1) is 23.8 Å². The van der Waals surface area contributed by atoms with E-state index in [1.807, 2.05) is 38.1 Å². The van der Waals surface area contributed by atoms with Crippen molar-refractivity contribution in [3.63, 3.8) is 0 Å². The van der Waals surface area contributed by atoms with Crippen LogP contribution in [0.5, 0.6) is 11.5 Å². The van der Waals surface area contributed by atoms with Gasteiger partial charge in [0.2, 0.25) is 0 Å². The van der Waals surface area contributed by atoms with Gasteiger partial charge in [0.25, 0.3) is 11.7 Å². The van der Waals surface area contributed by atoms with E-state index in [1.165, 1.54) is 11.0 Å². The van der Waals surface area contributed by atoms with E-state index in [4.69, 9.17) is 4.74 Å². The summed E-state index contributed by atoms with van der Waals surface area (Å²) in [4.78, 5) is 30.1. The molecule has 1 atom stereocenters. The van der Waals surface area contributed by atoms with E-state index in [0.717, 1.165) is 31.6 Å². The first kappa shape index (κ1) is 26.3. The number of carbonyl (C=O) groups excluding carboxylic acids is 2. The molecular formula is C28H36N2O5. The van der Waals surface area contributed by atoms with Gasteiger partial charge in [-0.2, -0.15) is 0 Å². The van der Waals surface area contributed by atoms with E-state index in [2.05, 4.69) is 18.7 Å². The molecule has 0 radical (unpaired) electrons. The number of Topliss-reactive ketones (excluding diaryl/α,β-unsaturated/α-hetero) is 1. The van der Waals surface area contributed by atoms with E-state index in [-0.39, 0.29) is 22.6 Å². The molecule has 1 saturated heterocycles. The van der Waals surface area contributed by atoms with E-state index in [9.17, 15) is 19.8 Å². The summed E-state index contributed by atoms with van der Waals surface area (Å²) in [5.41, 5.74) is 1.64. The Labute approximate surface area is 207 Å². The second-order valence-electron chi connectivity index (χ2n) is 8.81. The van der Waals surface area contributed by atoms with Crippen molar-refractivity contribution >= 4 is 17.4 Å². The van der Waals surface area contributed by atoms with Gasteiger partial charge in [0.1, 0.15) is 17.3 Å². The van der Waals surface area contributed by atoms with E-state index < -0.39 is 17.7 Å². The number of amides is 1. The number of aromatic hydroxyl groups is 1. The minimum Gasteiger partial charge on any atom is -0.507 e. The fourth-order valence-electron chi connectivity index (χ4n) is 4.41. The number of nitrogens with zero attached hydrogens (tertiary/aromatic N) is 2. The zero-order valence-corrected chi connectivity index (χ0v) is 21.1. The molecular weight excluding hydrogens is 444 g/mol. The lowest BCUT2D eigenvalue weighted by molar-refractivity contribution is -0.140. The summed E-state index contributed by atoms with van der Waals surface area (Å²) in [7, 11) is 0. The van der Waals surface area contributed by atoms with Gasteiger partial charge < -0.3 is 24.7 Å². The van der Waals surface area contributed by atoms with Crippen molar-refractivity contribution in [2.45, 2.75) is 46.6 Å². The van der Waals surface area contributed by atoms with E-state index in [1.54, 1.807) is 12.1 Å². The molecule has 1 aliphatic rings. The Morgan fingerprint density at radius 1 is 1.06 bits per heavy atom. The Hall–Kier alpha value is -3.32. The number of phenolic OH excluding ortho intramolecular Hbond substituents is 1. The number of rotatable bonds is 11. The summed E-state index contributed by atoms with van der Waals surface area (Å²) in [6.07, 6.45) is 1.58. The zero-order valence-electron chi connectivity index (χ0n) is 21.1. The average Bonchev–Trinajstić information content (AvgIpc) is 3.11. The monoisotopic (exact) mass is 480 g/mol. The molecule has 2 aromatic rings. The number of ether oxygens (including phenoxy) is 1. The average molecular weight is 481 g/mol. The van der Waals surface area contributed by atoms with Gasteiger partial charge in [-0.1, -0.05) is 44.5 Å². The van der Waals surface area contributed by atoms with Gasteiger partial charge in [-0.25, -0.2) is 0 Å². The van der Waals surface area contributed by atoms with Crippen LogP contribution in [-0.4, -0.2) is 64.5 Å². The Morgan fingerprint density at radius 2 is 1.74 bits per heavy atom. The number of benzene rings is 2. The second-order valence-corrected chi connectivity index (χ2v) is 8.81. The van der Waals surface area contributed by atoms with Crippen molar-refractivity contribution in [1.82, 2.24) is 9.80 Å². The van der Waals surface area contributed by atoms with Crippen LogP contribution in [0.25, 0.3) is 5.76 Å². The first-order valence-electron chi connectivity index (χ1n) is 12.4. The number of ketones is 1. The molecule has 0 aliphatic carbocycles. The Bertz CT molecular complexity index is 1070. The Kier molecular flexibility index (Phi) is 8.93. The fraction of sp³-hybridized carbons (Fsp3) is 0.429. The Balaban J connectivity index is 2.04. The fourth-order valence-corrected chi connectivity index (χ4v) is 4.41. The number of aliphatic hydroxyl groups is 1. The van der Waals surface area contributed by atoms with Gasteiger partial charge >= 0.3 is 0 Å². The second kappa shape index (κ2) is 11.9. The largest absolute Gasteiger partial charge is 0.507 e. The molecule has 7 nitrogen and oxygen atoms in total. The lowest BCUT2D eigenvalue weighted by Crippen LogP contribution is -2.33. The number of hydrogen-bond donors (Lipinski definition) is 2. The number of hydrogen-bond acceptors (Lipinski definition) is 6. The first-order valence-corrected chi connectivity index (χ1v) is 12.4. The number of phenols is 1. The maximum atomic E-state index is 13.2. The molecule has 3 rings (SSSR count). The lowest BCUT2D eigenvalue weighted by atomic mass is 9.94. The molecule has 35 heavy (non-hydrogen) atoms. The quantitative estimate of drug-likeness (QED) is 0.277. The molecule has 1 amide bonds. The number of carbonyl (C=O) groups is 2. The summed E-state index contributed by atoms with van der Waals surface area (Å²) >= 11 is 0. The van der Waals surface area contributed by atoms with Crippen LogP contribution in [0.15, 0.2) is 48.0 Å². The SMILES string of the molecule is CCCOc1ccc(C2/C(=C(\O)c3cc(C)ccc3O)C(=O)C(=O)N2CCCN(CC)CC)cc1. The summed E-state index contributed by atoms with van der Waals surface area (Å²) in [5.74, 6) is -1.21. The van der Waals surface area contributed by atoms with Gasteiger partial charge in [-0.3, -0.25) is 9.59 Å². The van der Waals surface area contributed by atoms with Crippen molar-refractivity contribution in [2.75, 3.05) is 32.8 Å². The first-order chi connectivity index (χ1) is 16.8. The summed E-state index contributed by atoms with van der Waals surface area (Å²) in [6.45, 7) is 11.6. The molecule has 2 N–H and O–H groups in total. The molecule has 0 bridgehead atoms. The van der Waals surface area contributed by atoms with E-state index in [0.29, 0.717) is 30.9 Å². The van der Waals surface area contributed by atoms with Crippen LogP contribution < -0.4 is 4.74 Å². The normalized spacial score (nSPS) is 17.4. The van der Waals surface area contributed by atoms with Crippen LogP contribution in [0.2, 0.25) is 0 Å². The van der Waals surface area contributed by atoms with Crippen LogP contribution >= 0.6 is 0 Å². The molecule has 7 heteroatoms. The maximum absolute atomic E-state index is 13.2. The van der Waals surface area contributed by atoms with Crippen LogP contribution in [0.4, 0.5) is 0 Å². The number of aryl methyl sites for hydroxylation is 1. The van der Waals surface area contributed by atoms with Crippen molar-refractivity contribution < 1.29 is 24.5 Å². The third-order valence-corrected chi connectivity index (χ3v) is 6.38. The van der Waals surface area contributed by atoms with Crippen molar-refractivity contribution in [1.29, 1.82) is 0 Å². The highest BCUT2D eigenvalue weighted by Gasteiger charge is 2.46. The minimum absolute atomic E-state index is 0.0130. The topological polar surface area (TPSA) is 90.3 Å². The van der Waals surface area contributed by atoms with Crippen LogP contribution in [-0.2, 0) is 9.59 Å². The highest BCUT2D eigenvalue weighted by atomic mass is 16.5. The number of likely N-dealkylation sites (tertiary alicyclic amines) is 1. The van der Waals surface area contributed by atoms with Crippen molar-refractivity contribution in [2.24, 2.45) is 0 Å². The Morgan fingerprint density at radius 3 is 2.37 bits per heavy atom. The minimum atomic E-state index is -0.758. The molecule has 0 aromatic heterocycles. The van der Waals surface area contributed by atoms with Crippen molar-refractivity contribution in [3.8, 4) is 11.5 Å². The zero-order chi connectivity index (χ0) is 25.5. The molecule has 2 aromatic carbocycles. The van der Waals surface area contributed by atoms with Gasteiger partial charge in [-0.15, -0.1) is 0 Å². The van der Waals surface area contributed by atoms with Crippen molar-refractivity contribution in [3.05, 3.63) is 64.7 Å². The smallest absolute Gasteiger partial charge is 0.295 e. The summed E-state index contributed by atoms with van der Waals surface area (Å²) in [5, 5.41) is 21.6. The molecule has 1 unspecified atom stereocenters. The van der Waals surface area contributed by atoms with Crippen LogP contribution in [0, 0.1) is 6.92 Å². The summed E-state index contributed by atoms with van der Waals surface area (Å²) in [6, 6.07) is 11.3. The van der Waals surface area contributed by atoms with Gasteiger partial charge in [0.15, 0.2) is 0 Å². The third-order valence-electron chi connectivity index (χ3n) is 6.38. The molecule has 1 fully saturated rings. The van der Waals surface area contributed by atoms with E-state index >= 15 is 0 Å².